The molecule has 0 saturated heterocycles. The Bertz CT molecular complexity index is 609. The third-order valence-corrected chi connectivity index (χ3v) is 2.36. The first-order chi connectivity index (χ1) is 9.15. The molecule has 0 aromatic heterocycles. The van der Waals surface area contributed by atoms with Crippen molar-refractivity contribution in [1.29, 1.82) is 0 Å². The predicted octanol–water partition coefficient (Wildman–Crippen LogP) is 2.75. The molecule has 6 nitrogen and oxygen atoms in total. The van der Waals surface area contributed by atoms with Crippen molar-refractivity contribution in [3.8, 4) is 5.75 Å². The summed E-state index contributed by atoms with van der Waals surface area (Å²) in [4.78, 5) is 10.1. The Kier molecular flexibility index (Phi) is 3.72. The number of phenols is 1. The minimum absolute atomic E-state index is 0.0218. The van der Waals surface area contributed by atoms with Crippen LogP contribution in [0.4, 0.5) is 11.4 Å². The molecule has 0 bridgehead atoms. The van der Waals surface area contributed by atoms with Crippen molar-refractivity contribution < 1.29 is 10.0 Å². The van der Waals surface area contributed by atoms with Gasteiger partial charge in [-0.15, -0.1) is 0 Å². The number of hydrogen-bond acceptors (Lipinski definition) is 5. The quantitative estimate of drug-likeness (QED) is 0.381. The lowest BCUT2D eigenvalue weighted by Crippen LogP contribution is -1.92. The monoisotopic (exact) mass is 257 g/mol. The molecule has 0 spiro atoms. The molecule has 0 radical (unpaired) electrons. The smallest absolute Gasteiger partial charge is 0.270 e. The number of rotatable bonds is 4. The summed E-state index contributed by atoms with van der Waals surface area (Å²) in [6.45, 7) is 0. The summed E-state index contributed by atoms with van der Waals surface area (Å²) in [7, 11) is 0. The van der Waals surface area contributed by atoms with Crippen LogP contribution in [0.15, 0.2) is 53.6 Å². The molecule has 2 aromatic rings. The van der Waals surface area contributed by atoms with Crippen molar-refractivity contribution in [3.05, 3.63) is 64.2 Å². The average molecular weight is 257 g/mol. The van der Waals surface area contributed by atoms with Crippen molar-refractivity contribution in [2.45, 2.75) is 0 Å². The Labute approximate surface area is 109 Å². The summed E-state index contributed by atoms with van der Waals surface area (Å²) in [6, 6.07) is 12.6. The number of nitro groups is 1. The van der Waals surface area contributed by atoms with E-state index in [4.69, 9.17) is 5.11 Å². The van der Waals surface area contributed by atoms with Gasteiger partial charge in [-0.1, -0.05) is 12.1 Å². The number of aromatic hydroxyl groups is 1. The summed E-state index contributed by atoms with van der Waals surface area (Å²) in [6.07, 6.45) is 1.49. The molecule has 0 amide bonds. The lowest BCUT2D eigenvalue weighted by molar-refractivity contribution is -0.384. The number of nitrogens with zero attached hydrogens (tertiary/aromatic N) is 2. The van der Waals surface area contributed by atoms with E-state index in [1.54, 1.807) is 24.3 Å². The van der Waals surface area contributed by atoms with Crippen LogP contribution in [0.1, 0.15) is 5.56 Å². The van der Waals surface area contributed by atoms with E-state index in [1.807, 2.05) is 0 Å². The fraction of sp³-hybridized carbons (Fsp3) is 0. The summed E-state index contributed by atoms with van der Waals surface area (Å²) in [5, 5.41) is 23.7. The lowest BCUT2D eigenvalue weighted by atomic mass is 10.2. The molecular formula is C13H11N3O3. The lowest BCUT2D eigenvalue weighted by Gasteiger charge is -1.99. The van der Waals surface area contributed by atoms with Gasteiger partial charge < -0.3 is 5.11 Å². The molecule has 2 aromatic carbocycles. The van der Waals surface area contributed by atoms with Gasteiger partial charge in [0, 0.05) is 17.7 Å². The fourth-order valence-corrected chi connectivity index (χ4v) is 1.44. The highest BCUT2D eigenvalue weighted by atomic mass is 16.6. The van der Waals surface area contributed by atoms with Crippen LogP contribution in [0, 0.1) is 10.1 Å². The van der Waals surface area contributed by atoms with Crippen molar-refractivity contribution in [1.82, 2.24) is 0 Å². The normalized spacial score (nSPS) is 10.5. The Hall–Kier alpha value is -2.89. The van der Waals surface area contributed by atoms with E-state index in [-0.39, 0.29) is 11.4 Å². The largest absolute Gasteiger partial charge is 0.508 e. The molecule has 19 heavy (non-hydrogen) atoms. The van der Waals surface area contributed by atoms with Gasteiger partial charge in [-0.05, 0) is 24.3 Å². The van der Waals surface area contributed by atoms with Gasteiger partial charge >= 0.3 is 0 Å². The molecule has 0 aliphatic heterocycles. The Morgan fingerprint density at radius 3 is 2.63 bits per heavy atom. The fourth-order valence-electron chi connectivity index (χ4n) is 1.44. The van der Waals surface area contributed by atoms with Crippen LogP contribution in [-0.2, 0) is 0 Å². The molecule has 0 unspecified atom stereocenters. The molecule has 0 fully saturated rings. The molecule has 2 N–H and O–H groups in total. The van der Waals surface area contributed by atoms with Crippen LogP contribution in [0.2, 0.25) is 0 Å². The molecule has 96 valence electrons. The van der Waals surface area contributed by atoms with E-state index >= 15 is 0 Å². The first-order valence-corrected chi connectivity index (χ1v) is 5.48. The van der Waals surface area contributed by atoms with Crippen LogP contribution in [0.25, 0.3) is 0 Å². The number of nitrogens with one attached hydrogen (secondary N) is 1. The predicted molar refractivity (Wildman–Crippen MR) is 72.4 cm³/mol. The van der Waals surface area contributed by atoms with Crippen LogP contribution >= 0.6 is 0 Å². The third kappa shape index (κ3) is 3.53. The third-order valence-electron chi connectivity index (χ3n) is 2.36. The number of benzene rings is 2. The van der Waals surface area contributed by atoms with Crippen molar-refractivity contribution in [2.24, 2.45) is 5.10 Å². The van der Waals surface area contributed by atoms with E-state index < -0.39 is 4.92 Å². The van der Waals surface area contributed by atoms with E-state index in [2.05, 4.69) is 10.5 Å². The van der Waals surface area contributed by atoms with Gasteiger partial charge in [-0.3, -0.25) is 15.5 Å². The van der Waals surface area contributed by atoms with Gasteiger partial charge in [0.2, 0.25) is 0 Å². The number of hydrogen-bond donors (Lipinski definition) is 2. The molecule has 0 saturated carbocycles. The molecule has 0 atom stereocenters. The Morgan fingerprint density at radius 1 is 1.21 bits per heavy atom. The van der Waals surface area contributed by atoms with Gasteiger partial charge in [-0.2, -0.15) is 5.10 Å². The number of phenolic OH excluding ortho intramolecular Hbond substituents is 1. The zero-order valence-electron chi connectivity index (χ0n) is 9.85. The SMILES string of the molecule is O=[N+]([O-])c1cccc(/C=N\Nc2ccc(O)cc2)c1. The number of anilines is 1. The summed E-state index contributed by atoms with van der Waals surface area (Å²) in [5.41, 5.74) is 4.11. The van der Waals surface area contributed by atoms with Gasteiger partial charge in [-0.25, -0.2) is 0 Å². The van der Waals surface area contributed by atoms with Crippen molar-refractivity contribution in [2.75, 3.05) is 5.43 Å². The molecule has 0 aliphatic carbocycles. The highest BCUT2D eigenvalue weighted by Crippen LogP contribution is 2.14. The zero-order chi connectivity index (χ0) is 13.7. The Morgan fingerprint density at radius 2 is 1.95 bits per heavy atom. The topological polar surface area (TPSA) is 87.8 Å². The van der Waals surface area contributed by atoms with Crippen LogP contribution < -0.4 is 5.43 Å². The molecule has 0 aliphatic rings. The van der Waals surface area contributed by atoms with Crippen molar-refractivity contribution >= 4 is 17.6 Å². The zero-order valence-corrected chi connectivity index (χ0v) is 9.85. The van der Waals surface area contributed by atoms with Crippen LogP contribution in [0.3, 0.4) is 0 Å². The van der Waals surface area contributed by atoms with Gasteiger partial charge in [0.1, 0.15) is 5.75 Å². The molecular weight excluding hydrogens is 246 g/mol. The number of non-ortho nitro benzene ring substituents is 1. The van der Waals surface area contributed by atoms with Gasteiger partial charge in [0.05, 0.1) is 16.8 Å². The maximum atomic E-state index is 10.6. The first-order valence-electron chi connectivity index (χ1n) is 5.48. The molecule has 6 heteroatoms. The molecule has 0 heterocycles. The maximum Gasteiger partial charge on any atom is 0.270 e. The van der Waals surface area contributed by atoms with E-state index in [9.17, 15) is 10.1 Å². The van der Waals surface area contributed by atoms with Crippen molar-refractivity contribution in [3.63, 3.8) is 0 Å². The van der Waals surface area contributed by atoms with Gasteiger partial charge in [0.15, 0.2) is 0 Å². The van der Waals surface area contributed by atoms with E-state index in [0.29, 0.717) is 11.3 Å². The summed E-state index contributed by atoms with van der Waals surface area (Å²) < 4.78 is 0. The average Bonchev–Trinajstić information content (AvgIpc) is 2.41. The Balaban J connectivity index is 2.04. The minimum atomic E-state index is -0.454. The van der Waals surface area contributed by atoms with Gasteiger partial charge in [0.25, 0.3) is 5.69 Å². The second-order valence-corrected chi connectivity index (χ2v) is 3.77. The second kappa shape index (κ2) is 5.63. The summed E-state index contributed by atoms with van der Waals surface area (Å²) in [5.74, 6) is 0.174. The second-order valence-electron chi connectivity index (χ2n) is 3.77. The van der Waals surface area contributed by atoms with E-state index in [0.717, 1.165) is 0 Å². The highest BCUT2D eigenvalue weighted by molar-refractivity contribution is 5.81. The van der Waals surface area contributed by atoms with Crippen LogP contribution in [0.5, 0.6) is 5.75 Å². The first kappa shape index (κ1) is 12.6. The number of nitro benzene ring substituents is 1. The minimum Gasteiger partial charge on any atom is -0.508 e. The summed E-state index contributed by atoms with van der Waals surface area (Å²) >= 11 is 0. The maximum absolute atomic E-state index is 10.6. The van der Waals surface area contributed by atoms with Crippen LogP contribution in [-0.4, -0.2) is 16.2 Å². The molecule has 2 rings (SSSR count). The number of hydrazone groups is 1. The highest BCUT2D eigenvalue weighted by Gasteiger charge is 2.03. The standard InChI is InChI=1S/C13H11N3O3/c17-13-6-4-11(5-7-13)15-14-9-10-2-1-3-12(8-10)16(18)19/h1-9,15,17H/b14-9-. The van der Waals surface area contributed by atoms with E-state index in [1.165, 1.54) is 30.5 Å².